The van der Waals surface area contributed by atoms with Crippen LogP contribution >= 0.6 is 23.2 Å². The molecule has 0 aromatic heterocycles. The smallest absolute Gasteiger partial charge is 0.270 e. The van der Waals surface area contributed by atoms with Crippen LogP contribution in [0.15, 0.2) is 36.4 Å². The highest BCUT2D eigenvalue weighted by atomic mass is 35.5. The fourth-order valence-corrected chi connectivity index (χ4v) is 2.02. The maximum atomic E-state index is 10.7. The SMILES string of the molecule is Cc1cc(Oc2ccc([N+](=O)[O-])cc2CCl)ccc1Cl. The topological polar surface area (TPSA) is 52.4 Å². The largest absolute Gasteiger partial charge is 0.457 e. The molecule has 0 unspecified atom stereocenters. The standard InChI is InChI=1S/C14H11Cl2NO3/c1-9-6-12(3-4-13(9)16)20-14-5-2-11(17(18)19)7-10(14)8-15/h2-7H,8H2,1H3. The number of alkyl halides is 1. The molecule has 0 saturated carbocycles. The molecule has 4 nitrogen and oxygen atoms in total. The van der Waals surface area contributed by atoms with Crippen molar-refractivity contribution in [2.24, 2.45) is 0 Å². The summed E-state index contributed by atoms with van der Waals surface area (Å²) in [6, 6.07) is 9.59. The van der Waals surface area contributed by atoms with Crippen molar-refractivity contribution in [3.05, 3.63) is 62.7 Å². The average Bonchev–Trinajstić information content (AvgIpc) is 2.43. The molecule has 0 spiro atoms. The second kappa shape index (κ2) is 6.11. The van der Waals surface area contributed by atoms with Crippen LogP contribution in [0.4, 0.5) is 5.69 Å². The fourth-order valence-electron chi connectivity index (χ4n) is 1.69. The summed E-state index contributed by atoms with van der Waals surface area (Å²) in [6.45, 7) is 1.87. The van der Waals surface area contributed by atoms with E-state index in [9.17, 15) is 10.1 Å². The van der Waals surface area contributed by atoms with Crippen LogP contribution in [0.5, 0.6) is 11.5 Å². The second-order valence-corrected chi connectivity index (χ2v) is 4.87. The zero-order valence-electron chi connectivity index (χ0n) is 10.6. The van der Waals surface area contributed by atoms with Crippen LogP contribution in [0.25, 0.3) is 0 Å². The highest BCUT2D eigenvalue weighted by Crippen LogP contribution is 2.31. The van der Waals surface area contributed by atoms with Gasteiger partial charge in [-0.2, -0.15) is 0 Å². The van der Waals surface area contributed by atoms with Crippen molar-refractivity contribution in [2.45, 2.75) is 12.8 Å². The molecule has 0 fully saturated rings. The Labute approximate surface area is 126 Å². The molecule has 0 N–H and O–H groups in total. The van der Waals surface area contributed by atoms with Crippen LogP contribution in [0.1, 0.15) is 11.1 Å². The highest BCUT2D eigenvalue weighted by molar-refractivity contribution is 6.31. The van der Waals surface area contributed by atoms with Crippen molar-refractivity contribution in [2.75, 3.05) is 0 Å². The molecule has 0 saturated heterocycles. The Kier molecular flexibility index (Phi) is 4.47. The third-order valence-corrected chi connectivity index (χ3v) is 3.47. The van der Waals surface area contributed by atoms with Gasteiger partial charge < -0.3 is 4.74 Å². The molecule has 0 bridgehead atoms. The Balaban J connectivity index is 2.32. The van der Waals surface area contributed by atoms with Crippen LogP contribution < -0.4 is 4.74 Å². The number of halogens is 2. The van der Waals surface area contributed by atoms with Crippen molar-refractivity contribution < 1.29 is 9.66 Å². The van der Waals surface area contributed by atoms with Gasteiger partial charge >= 0.3 is 0 Å². The van der Waals surface area contributed by atoms with Crippen molar-refractivity contribution in [1.29, 1.82) is 0 Å². The third kappa shape index (κ3) is 3.21. The molecule has 0 amide bonds. The van der Waals surface area contributed by atoms with E-state index in [0.717, 1.165) is 5.56 Å². The first kappa shape index (κ1) is 14.6. The average molecular weight is 312 g/mol. The molecule has 0 radical (unpaired) electrons. The summed E-state index contributed by atoms with van der Waals surface area (Å²) < 4.78 is 5.71. The Morgan fingerprint density at radius 2 is 2.00 bits per heavy atom. The quantitative estimate of drug-likeness (QED) is 0.449. The minimum atomic E-state index is -0.466. The number of rotatable bonds is 4. The first-order valence-electron chi connectivity index (χ1n) is 5.78. The zero-order chi connectivity index (χ0) is 14.7. The molecule has 0 aliphatic carbocycles. The molecule has 0 aliphatic heterocycles. The van der Waals surface area contributed by atoms with E-state index in [0.29, 0.717) is 22.1 Å². The molecule has 2 aromatic carbocycles. The first-order chi connectivity index (χ1) is 9.51. The van der Waals surface area contributed by atoms with E-state index in [1.165, 1.54) is 12.1 Å². The van der Waals surface area contributed by atoms with E-state index in [2.05, 4.69) is 0 Å². The molecule has 2 aromatic rings. The Morgan fingerprint density at radius 3 is 2.60 bits per heavy atom. The van der Waals surface area contributed by atoms with Gasteiger partial charge in [0.2, 0.25) is 0 Å². The monoisotopic (exact) mass is 311 g/mol. The van der Waals surface area contributed by atoms with Gasteiger partial charge in [0, 0.05) is 22.7 Å². The Hall–Kier alpha value is -1.78. The number of benzene rings is 2. The number of hydrogen-bond donors (Lipinski definition) is 0. The number of hydrogen-bond acceptors (Lipinski definition) is 3. The zero-order valence-corrected chi connectivity index (χ0v) is 12.1. The summed E-state index contributed by atoms with van der Waals surface area (Å²) >= 11 is 11.8. The predicted octanol–water partition coefficient (Wildman–Crippen LogP) is 5.09. The third-order valence-electron chi connectivity index (χ3n) is 2.76. The number of nitro groups is 1. The van der Waals surface area contributed by atoms with Gasteiger partial charge in [-0.3, -0.25) is 10.1 Å². The maximum Gasteiger partial charge on any atom is 0.270 e. The number of aryl methyl sites for hydroxylation is 1. The van der Waals surface area contributed by atoms with Crippen molar-refractivity contribution in [3.63, 3.8) is 0 Å². The van der Waals surface area contributed by atoms with E-state index in [-0.39, 0.29) is 11.6 Å². The van der Waals surface area contributed by atoms with Gasteiger partial charge in [0.15, 0.2) is 0 Å². The molecule has 0 aliphatic rings. The molecule has 2 rings (SSSR count). The minimum Gasteiger partial charge on any atom is -0.457 e. The maximum absolute atomic E-state index is 10.7. The Morgan fingerprint density at radius 1 is 1.25 bits per heavy atom. The lowest BCUT2D eigenvalue weighted by Gasteiger charge is -2.10. The van der Waals surface area contributed by atoms with E-state index in [4.69, 9.17) is 27.9 Å². The Bertz CT molecular complexity index is 659. The first-order valence-corrected chi connectivity index (χ1v) is 6.70. The van der Waals surface area contributed by atoms with Crippen LogP contribution in [-0.2, 0) is 5.88 Å². The molecule has 0 atom stereocenters. The lowest BCUT2D eigenvalue weighted by atomic mass is 10.2. The van der Waals surface area contributed by atoms with E-state index in [1.807, 2.05) is 6.92 Å². The highest BCUT2D eigenvalue weighted by Gasteiger charge is 2.12. The normalized spacial score (nSPS) is 10.3. The van der Waals surface area contributed by atoms with Crippen LogP contribution in [-0.4, -0.2) is 4.92 Å². The van der Waals surface area contributed by atoms with Gasteiger partial charge in [-0.1, -0.05) is 11.6 Å². The second-order valence-electron chi connectivity index (χ2n) is 4.20. The van der Waals surface area contributed by atoms with Crippen molar-refractivity contribution in [3.8, 4) is 11.5 Å². The fraction of sp³-hybridized carbons (Fsp3) is 0.143. The summed E-state index contributed by atoms with van der Waals surface area (Å²) in [5.41, 5.74) is 1.44. The molecule has 20 heavy (non-hydrogen) atoms. The molecular weight excluding hydrogens is 301 g/mol. The van der Waals surface area contributed by atoms with Crippen molar-refractivity contribution >= 4 is 28.9 Å². The minimum absolute atomic E-state index is 0.0136. The molecule has 6 heteroatoms. The van der Waals surface area contributed by atoms with Gasteiger partial charge in [0.1, 0.15) is 11.5 Å². The lowest BCUT2D eigenvalue weighted by molar-refractivity contribution is -0.384. The van der Waals surface area contributed by atoms with Gasteiger partial charge in [-0.15, -0.1) is 11.6 Å². The van der Waals surface area contributed by atoms with E-state index < -0.39 is 4.92 Å². The molecule has 0 heterocycles. The summed E-state index contributed by atoms with van der Waals surface area (Å²) in [5.74, 6) is 1.23. The van der Waals surface area contributed by atoms with Gasteiger partial charge in [-0.25, -0.2) is 0 Å². The lowest BCUT2D eigenvalue weighted by Crippen LogP contribution is -1.94. The van der Waals surface area contributed by atoms with Gasteiger partial charge in [-0.05, 0) is 36.8 Å². The van der Waals surface area contributed by atoms with Crippen LogP contribution in [0.2, 0.25) is 5.02 Å². The summed E-state index contributed by atoms with van der Waals surface area (Å²) in [4.78, 5) is 10.3. The number of nitro benzene ring substituents is 1. The summed E-state index contributed by atoms with van der Waals surface area (Å²) in [5, 5.41) is 11.4. The number of non-ortho nitro benzene ring substituents is 1. The van der Waals surface area contributed by atoms with Gasteiger partial charge in [0.25, 0.3) is 5.69 Å². The number of nitrogens with zero attached hydrogens (tertiary/aromatic N) is 1. The van der Waals surface area contributed by atoms with E-state index >= 15 is 0 Å². The molecule has 104 valence electrons. The summed E-state index contributed by atoms with van der Waals surface area (Å²) in [7, 11) is 0. The van der Waals surface area contributed by atoms with Gasteiger partial charge in [0.05, 0.1) is 10.8 Å². The summed E-state index contributed by atoms with van der Waals surface area (Å²) in [6.07, 6.45) is 0. The van der Waals surface area contributed by atoms with Crippen molar-refractivity contribution in [1.82, 2.24) is 0 Å². The molecular formula is C14H11Cl2NO3. The van der Waals surface area contributed by atoms with Crippen LogP contribution in [0, 0.1) is 17.0 Å². The van der Waals surface area contributed by atoms with Crippen LogP contribution in [0.3, 0.4) is 0 Å². The predicted molar refractivity (Wildman–Crippen MR) is 78.9 cm³/mol. The van der Waals surface area contributed by atoms with E-state index in [1.54, 1.807) is 24.3 Å². The number of ether oxygens (including phenoxy) is 1.